The third-order valence-electron chi connectivity index (χ3n) is 4.28. The molecule has 2 heterocycles. The lowest BCUT2D eigenvalue weighted by atomic mass is 10.1. The fraction of sp³-hybridized carbons (Fsp3) is 0.250. The summed E-state index contributed by atoms with van der Waals surface area (Å²) in [6.07, 6.45) is 4.84. The molecule has 3 rings (SSSR count). The number of aryl methyl sites for hydroxylation is 1. The zero-order valence-corrected chi connectivity index (χ0v) is 16.4. The molecule has 0 saturated heterocycles. The van der Waals surface area contributed by atoms with Gasteiger partial charge in [-0.2, -0.15) is 10.2 Å². The lowest BCUT2D eigenvalue weighted by Gasteiger charge is -2.06. The first-order valence-electron chi connectivity index (χ1n) is 9.41. The number of rotatable bonds is 9. The first-order valence-corrected chi connectivity index (χ1v) is 9.41. The number of aliphatic carboxylic acids is 1. The standard InChI is InChI=1S/C20H22N6O4/c1-2-25-12-16(23-19(29)15-10-22-26(11-15)13-17(27)28)18(24-25)20(30)21-9-8-14-6-4-3-5-7-14/h3-7,10-12H,2,8-9,13H2,1H3,(H,21,30)(H,23,29)(H,27,28). The Kier molecular flexibility index (Phi) is 6.58. The van der Waals surface area contributed by atoms with Crippen molar-refractivity contribution in [3.63, 3.8) is 0 Å². The Balaban J connectivity index is 1.66. The number of carbonyl (C=O) groups is 3. The first kappa shape index (κ1) is 20.8. The second kappa shape index (κ2) is 9.50. The summed E-state index contributed by atoms with van der Waals surface area (Å²) in [5.74, 6) is -1.97. The summed E-state index contributed by atoms with van der Waals surface area (Å²) in [5, 5.41) is 22.4. The summed E-state index contributed by atoms with van der Waals surface area (Å²) in [5.41, 5.74) is 1.65. The van der Waals surface area contributed by atoms with Crippen LogP contribution < -0.4 is 10.6 Å². The Labute approximate surface area is 172 Å². The maximum Gasteiger partial charge on any atom is 0.325 e. The maximum absolute atomic E-state index is 12.6. The highest BCUT2D eigenvalue weighted by atomic mass is 16.4. The molecule has 0 saturated carbocycles. The van der Waals surface area contributed by atoms with Crippen LogP contribution in [0.4, 0.5) is 5.69 Å². The van der Waals surface area contributed by atoms with E-state index in [0.717, 1.165) is 10.2 Å². The molecule has 1 aromatic carbocycles. The number of hydrogen-bond donors (Lipinski definition) is 3. The number of aromatic nitrogens is 4. The number of carboxylic acid groups (broad SMARTS) is 1. The van der Waals surface area contributed by atoms with E-state index in [2.05, 4.69) is 20.8 Å². The van der Waals surface area contributed by atoms with Gasteiger partial charge in [-0.15, -0.1) is 0 Å². The minimum atomic E-state index is -1.07. The van der Waals surface area contributed by atoms with Crippen LogP contribution in [0.1, 0.15) is 33.3 Å². The predicted molar refractivity (Wildman–Crippen MR) is 108 cm³/mol. The first-order chi connectivity index (χ1) is 14.5. The number of hydrogen-bond acceptors (Lipinski definition) is 5. The van der Waals surface area contributed by atoms with Gasteiger partial charge in [0.05, 0.1) is 17.4 Å². The van der Waals surface area contributed by atoms with Crippen LogP contribution in [-0.2, 0) is 24.3 Å². The molecule has 156 valence electrons. The second-order valence-electron chi connectivity index (χ2n) is 6.51. The van der Waals surface area contributed by atoms with Crippen LogP contribution in [0.2, 0.25) is 0 Å². The highest BCUT2D eigenvalue weighted by Crippen LogP contribution is 2.15. The van der Waals surface area contributed by atoms with Crippen molar-refractivity contribution in [1.82, 2.24) is 24.9 Å². The van der Waals surface area contributed by atoms with E-state index in [4.69, 9.17) is 5.11 Å². The van der Waals surface area contributed by atoms with E-state index in [-0.39, 0.29) is 23.5 Å². The summed E-state index contributed by atoms with van der Waals surface area (Å²) >= 11 is 0. The third kappa shape index (κ3) is 5.31. The molecule has 0 bridgehead atoms. The normalized spacial score (nSPS) is 10.6. The molecule has 0 fully saturated rings. The van der Waals surface area contributed by atoms with E-state index in [1.807, 2.05) is 37.3 Å². The van der Waals surface area contributed by atoms with Crippen molar-refractivity contribution < 1.29 is 19.5 Å². The molecule has 0 radical (unpaired) electrons. The number of anilines is 1. The molecule has 0 aliphatic carbocycles. The lowest BCUT2D eigenvalue weighted by Crippen LogP contribution is -2.27. The topological polar surface area (TPSA) is 131 Å². The van der Waals surface area contributed by atoms with E-state index < -0.39 is 17.8 Å². The van der Waals surface area contributed by atoms with E-state index in [1.54, 1.807) is 10.9 Å². The molecule has 30 heavy (non-hydrogen) atoms. The number of nitrogens with one attached hydrogen (secondary N) is 2. The van der Waals surface area contributed by atoms with Gasteiger partial charge in [0.2, 0.25) is 0 Å². The molecular formula is C20H22N6O4. The molecule has 2 amide bonds. The summed E-state index contributed by atoms with van der Waals surface area (Å²) in [6.45, 7) is 2.47. The van der Waals surface area contributed by atoms with Crippen molar-refractivity contribution in [1.29, 1.82) is 0 Å². The van der Waals surface area contributed by atoms with Gasteiger partial charge in [0, 0.05) is 25.5 Å². The van der Waals surface area contributed by atoms with E-state index in [1.165, 1.54) is 12.4 Å². The smallest absolute Gasteiger partial charge is 0.325 e. The Hall–Kier alpha value is -3.95. The van der Waals surface area contributed by atoms with Gasteiger partial charge in [-0.3, -0.25) is 23.7 Å². The van der Waals surface area contributed by atoms with Crippen LogP contribution in [0.15, 0.2) is 48.9 Å². The van der Waals surface area contributed by atoms with Gasteiger partial charge in [-0.1, -0.05) is 30.3 Å². The van der Waals surface area contributed by atoms with Crippen molar-refractivity contribution in [2.75, 3.05) is 11.9 Å². The fourth-order valence-corrected chi connectivity index (χ4v) is 2.79. The molecule has 0 aliphatic heterocycles. The average molecular weight is 410 g/mol. The van der Waals surface area contributed by atoms with Crippen LogP contribution in [0.5, 0.6) is 0 Å². The van der Waals surface area contributed by atoms with E-state index in [0.29, 0.717) is 19.5 Å². The van der Waals surface area contributed by atoms with Gasteiger partial charge in [0.1, 0.15) is 6.54 Å². The molecule has 10 nitrogen and oxygen atoms in total. The molecule has 2 aromatic heterocycles. The highest BCUT2D eigenvalue weighted by molar-refractivity contribution is 6.08. The highest BCUT2D eigenvalue weighted by Gasteiger charge is 2.19. The minimum Gasteiger partial charge on any atom is -0.480 e. The number of nitrogens with zero attached hydrogens (tertiary/aromatic N) is 4. The minimum absolute atomic E-state index is 0.108. The van der Waals surface area contributed by atoms with Crippen molar-refractivity contribution in [3.05, 3.63) is 65.7 Å². The number of benzene rings is 1. The third-order valence-corrected chi connectivity index (χ3v) is 4.28. The summed E-state index contributed by atoms with van der Waals surface area (Å²) < 4.78 is 2.69. The average Bonchev–Trinajstić information content (AvgIpc) is 3.35. The second-order valence-corrected chi connectivity index (χ2v) is 6.51. The van der Waals surface area contributed by atoms with E-state index in [9.17, 15) is 14.4 Å². The Morgan fingerprint density at radius 2 is 1.83 bits per heavy atom. The molecule has 10 heteroatoms. The molecule has 0 unspecified atom stereocenters. The van der Waals surface area contributed by atoms with Gasteiger partial charge >= 0.3 is 5.97 Å². The number of carbonyl (C=O) groups excluding carboxylic acids is 2. The van der Waals surface area contributed by atoms with Crippen LogP contribution in [-0.4, -0.2) is 49.0 Å². The van der Waals surface area contributed by atoms with Gasteiger partial charge in [0.15, 0.2) is 5.69 Å². The SMILES string of the molecule is CCn1cc(NC(=O)c2cnn(CC(=O)O)c2)c(C(=O)NCCc2ccccc2)n1. The zero-order valence-electron chi connectivity index (χ0n) is 16.4. The van der Waals surface area contributed by atoms with Crippen molar-refractivity contribution in [3.8, 4) is 0 Å². The number of amides is 2. The molecular weight excluding hydrogens is 388 g/mol. The zero-order chi connectivity index (χ0) is 21.5. The van der Waals surface area contributed by atoms with Gasteiger partial charge in [-0.05, 0) is 18.9 Å². The summed E-state index contributed by atoms with van der Waals surface area (Å²) in [6, 6.07) is 9.76. The fourth-order valence-electron chi connectivity index (χ4n) is 2.79. The molecule has 0 atom stereocenters. The number of carboxylic acids is 1. The molecule has 3 aromatic rings. The van der Waals surface area contributed by atoms with Crippen molar-refractivity contribution in [2.24, 2.45) is 0 Å². The molecule has 0 spiro atoms. The lowest BCUT2D eigenvalue weighted by molar-refractivity contribution is -0.137. The largest absolute Gasteiger partial charge is 0.480 e. The molecule has 0 aliphatic rings. The Bertz CT molecular complexity index is 1040. The Morgan fingerprint density at radius 3 is 2.53 bits per heavy atom. The van der Waals surface area contributed by atoms with Crippen LogP contribution in [0, 0.1) is 0 Å². The summed E-state index contributed by atoms with van der Waals surface area (Å²) in [4.78, 5) is 35.9. The van der Waals surface area contributed by atoms with Crippen LogP contribution in [0.25, 0.3) is 0 Å². The predicted octanol–water partition coefficient (Wildman–Crippen LogP) is 1.41. The van der Waals surface area contributed by atoms with Crippen molar-refractivity contribution in [2.45, 2.75) is 26.4 Å². The molecule has 3 N–H and O–H groups in total. The van der Waals surface area contributed by atoms with Gasteiger partial charge < -0.3 is 15.7 Å². The van der Waals surface area contributed by atoms with E-state index >= 15 is 0 Å². The summed E-state index contributed by atoms with van der Waals surface area (Å²) in [7, 11) is 0. The van der Waals surface area contributed by atoms with Gasteiger partial charge in [-0.25, -0.2) is 0 Å². The van der Waals surface area contributed by atoms with Gasteiger partial charge in [0.25, 0.3) is 11.8 Å². The van der Waals surface area contributed by atoms with Crippen molar-refractivity contribution >= 4 is 23.5 Å². The monoisotopic (exact) mass is 410 g/mol. The quantitative estimate of drug-likeness (QED) is 0.489. The van der Waals surface area contributed by atoms with Crippen LogP contribution in [0.3, 0.4) is 0 Å². The van der Waals surface area contributed by atoms with Crippen LogP contribution >= 0.6 is 0 Å². The maximum atomic E-state index is 12.6. The Morgan fingerprint density at radius 1 is 1.07 bits per heavy atom.